The Bertz CT molecular complexity index is 1100. The Morgan fingerprint density at radius 1 is 0.947 bits per heavy atom. The lowest BCUT2D eigenvalue weighted by Crippen LogP contribution is -2.71. The number of ether oxygens (including phenoxy) is 6. The van der Waals surface area contributed by atoms with Crippen molar-refractivity contribution in [2.75, 3.05) is 19.8 Å². The molecular weight excluding hydrogens is 500 g/mol. The van der Waals surface area contributed by atoms with Crippen molar-refractivity contribution < 1.29 is 53.0 Å². The van der Waals surface area contributed by atoms with Crippen LogP contribution in [0.5, 0.6) is 0 Å². The van der Waals surface area contributed by atoms with E-state index in [1.54, 1.807) is 6.92 Å². The second-order valence-corrected chi connectivity index (χ2v) is 11.9. The van der Waals surface area contributed by atoms with Crippen LogP contribution in [0.3, 0.4) is 0 Å². The first-order valence-electron chi connectivity index (χ1n) is 13.2. The van der Waals surface area contributed by atoms with Gasteiger partial charge < -0.3 is 38.6 Å². The van der Waals surface area contributed by atoms with Crippen LogP contribution in [0.25, 0.3) is 0 Å². The SMILES string of the molecule is C[C@@H]1CCOC(=O)/C=C/C=C\C(=O)O[C@@H]2C[C@H]3O[C@@H]4[C@@H]5O[C@]5(C)[C@H](O)C[C@]4(COC(=O)[C@H]1O)[C@]2(C)[C@@]31CO1. The monoisotopic (exact) mass is 534 g/mol. The second kappa shape index (κ2) is 8.59. The fourth-order valence-electron chi connectivity index (χ4n) is 7.38. The van der Waals surface area contributed by atoms with E-state index in [4.69, 9.17) is 28.4 Å². The molecular formula is C27H34O11. The highest BCUT2D eigenvalue weighted by atomic mass is 16.7. The zero-order valence-corrected chi connectivity index (χ0v) is 21.7. The van der Waals surface area contributed by atoms with E-state index >= 15 is 0 Å². The fourth-order valence-corrected chi connectivity index (χ4v) is 7.38. The topological polar surface area (TPSA) is 154 Å². The van der Waals surface area contributed by atoms with Crippen LogP contribution in [0.15, 0.2) is 24.3 Å². The van der Waals surface area contributed by atoms with Crippen LogP contribution in [0.2, 0.25) is 0 Å². The summed E-state index contributed by atoms with van der Waals surface area (Å²) in [5.74, 6) is -2.60. The van der Waals surface area contributed by atoms with Crippen molar-refractivity contribution in [3.8, 4) is 0 Å². The molecule has 3 saturated heterocycles. The average Bonchev–Trinajstić information content (AvgIpc) is 3.78. The minimum Gasteiger partial charge on any atom is -0.463 e. The van der Waals surface area contributed by atoms with Gasteiger partial charge in [0.2, 0.25) is 0 Å². The van der Waals surface area contributed by atoms with E-state index in [1.807, 2.05) is 13.8 Å². The molecule has 4 heterocycles. The molecule has 11 heteroatoms. The molecule has 0 amide bonds. The molecule has 2 N–H and O–H groups in total. The van der Waals surface area contributed by atoms with Gasteiger partial charge in [-0.2, -0.15) is 0 Å². The lowest BCUT2D eigenvalue weighted by molar-refractivity contribution is -0.261. The Hall–Kier alpha value is -2.31. The predicted molar refractivity (Wildman–Crippen MR) is 126 cm³/mol. The second-order valence-electron chi connectivity index (χ2n) is 11.9. The standard InChI is InChI=1S/C27H34O11/c1-14-8-9-33-18(29)6-4-5-7-19(30)36-16-10-17-27(13-35-27)25(16,3)26(12-34-23(32)20(14)31)11-15(28)24(2)21(38-24)22(26)37-17/h4-7,14-17,20-22,28,31H,8-13H2,1-3H3/b6-4+,7-5-/t14-,15-,16-,17-,20+,21+,22-,24-,25-,26-,27-/m1/s1. The van der Waals surface area contributed by atoms with Gasteiger partial charge in [-0.3, -0.25) is 0 Å². The van der Waals surface area contributed by atoms with Gasteiger partial charge in [0.25, 0.3) is 0 Å². The number of hydrogen-bond acceptors (Lipinski definition) is 11. The van der Waals surface area contributed by atoms with Crippen LogP contribution in [0.1, 0.15) is 40.0 Å². The summed E-state index contributed by atoms with van der Waals surface area (Å²) in [6.07, 6.45) is 1.58. The van der Waals surface area contributed by atoms with E-state index in [9.17, 15) is 24.6 Å². The predicted octanol–water partition coefficient (Wildman–Crippen LogP) is 0.353. The number of carbonyl (C=O) groups excluding carboxylic acids is 3. The number of allylic oxidation sites excluding steroid dienone is 2. The Kier molecular flexibility index (Phi) is 5.87. The minimum absolute atomic E-state index is 0.00885. The highest BCUT2D eigenvalue weighted by Crippen LogP contribution is 2.75. The van der Waals surface area contributed by atoms with E-state index in [2.05, 4.69) is 0 Å². The van der Waals surface area contributed by atoms with Crippen molar-refractivity contribution in [2.24, 2.45) is 16.7 Å². The summed E-state index contributed by atoms with van der Waals surface area (Å²) in [5, 5.41) is 21.9. The van der Waals surface area contributed by atoms with Crippen LogP contribution in [-0.2, 0) is 42.8 Å². The number of cyclic esters (lactones) is 2. The Balaban J connectivity index is 1.39. The van der Waals surface area contributed by atoms with Gasteiger partial charge in [0.05, 0.1) is 36.9 Å². The lowest BCUT2D eigenvalue weighted by atomic mass is 9.49. The van der Waals surface area contributed by atoms with E-state index in [0.717, 1.165) is 0 Å². The molecule has 2 saturated carbocycles. The summed E-state index contributed by atoms with van der Waals surface area (Å²) in [5.41, 5.74) is -3.47. The number of hydrogen-bond donors (Lipinski definition) is 2. The van der Waals surface area contributed by atoms with Crippen LogP contribution in [-0.4, -0.2) is 95.8 Å². The van der Waals surface area contributed by atoms with Gasteiger partial charge in [0, 0.05) is 24.0 Å². The van der Waals surface area contributed by atoms with E-state index in [1.165, 1.54) is 24.3 Å². The third-order valence-electron chi connectivity index (χ3n) is 10.1. The summed E-state index contributed by atoms with van der Waals surface area (Å²) in [6.45, 7) is 5.64. The van der Waals surface area contributed by atoms with Crippen molar-refractivity contribution in [1.29, 1.82) is 0 Å². The quantitative estimate of drug-likeness (QED) is 0.251. The minimum atomic E-state index is -1.45. The van der Waals surface area contributed by atoms with Crippen molar-refractivity contribution in [3.05, 3.63) is 24.3 Å². The Morgan fingerprint density at radius 3 is 2.37 bits per heavy atom. The summed E-state index contributed by atoms with van der Waals surface area (Å²) in [6, 6.07) is 0. The largest absolute Gasteiger partial charge is 0.463 e. The van der Waals surface area contributed by atoms with Crippen LogP contribution < -0.4 is 0 Å². The first-order valence-corrected chi connectivity index (χ1v) is 13.2. The van der Waals surface area contributed by atoms with Gasteiger partial charge in [-0.25, -0.2) is 14.4 Å². The molecule has 6 rings (SSSR count). The fraction of sp³-hybridized carbons (Fsp3) is 0.741. The summed E-state index contributed by atoms with van der Waals surface area (Å²) >= 11 is 0. The first kappa shape index (κ1) is 25.9. The molecule has 0 aromatic rings. The maximum absolute atomic E-state index is 13.0. The average molecular weight is 535 g/mol. The number of carbonyl (C=O) groups is 3. The molecule has 11 atom stereocenters. The molecule has 2 aliphatic carbocycles. The number of esters is 3. The smallest absolute Gasteiger partial charge is 0.335 e. The Labute approximate surface area is 220 Å². The number of epoxide rings is 2. The van der Waals surface area contributed by atoms with Gasteiger partial charge >= 0.3 is 17.9 Å². The van der Waals surface area contributed by atoms with Crippen LogP contribution in [0, 0.1) is 16.7 Å². The molecule has 2 spiro atoms. The third kappa shape index (κ3) is 3.48. The lowest BCUT2D eigenvalue weighted by Gasteiger charge is -2.59. The van der Waals surface area contributed by atoms with Crippen LogP contribution >= 0.6 is 0 Å². The van der Waals surface area contributed by atoms with E-state index in [0.29, 0.717) is 13.0 Å². The molecule has 2 bridgehead atoms. The van der Waals surface area contributed by atoms with Gasteiger partial charge in [0.1, 0.15) is 30.0 Å². The third-order valence-corrected chi connectivity index (χ3v) is 10.1. The molecule has 5 fully saturated rings. The maximum Gasteiger partial charge on any atom is 0.335 e. The molecule has 0 unspecified atom stereocenters. The van der Waals surface area contributed by atoms with E-state index in [-0.39, 0.29) is 32.2 Å². The summed E-state index contributed by atoms with van der Waals surface area (Å²) < 4.78 is 35.5. The maximum atomic E-state index is 13.0. The highest BCUT2D eigenvalue weighted by Gasteiger charge is 2.87. The first-order chi connectivity index (χ1) is 18.0. The van der Waals surface area contributed by atoms with Crippen molar-refractivity contribution in [3.63, 3.8) is 0 Å². The van der Waals surface area contributed by atoms with Gasteiger partial charge in [-0.05, 0) is 25.7 Å². The van der Waals surface area contributed by atoms with Crippen molar-refractivity contribution >= 4 is 17.9 Å². The molecule has 0 aromatic heterocycles. The number of aliphatic hydroxyl groups is 2. The highest BCUT2D eigenvalue weighted by molar-refractivity contribution is 5.84. The number of rotatable bonds is 0. The molecule has 38 heavy (non-hydrogen) atoms. The molecule has 0 radical (unpaired) electrons. The number of fused-ring (bicyclic) bond motifs is 2. The molecule has 0 aromatic carbocycles. The molecule has 11 nitrogen and oxygen atoms in total. The zero-order valence-electron chi connectivity index (χ0n) is 21.7. The van der Waals surface area contributed by atoms with Gasteiger partial charge in [-0.1, -0.05) is 26.0 Å². The van der Waals surface area contributed by atoms with Gasteiger partial charge in [-0.15, -0.1) is 0 Å². The Morgan fingerprint density at radius 2 is 1.66 bits per heavy atom. The zero-order chi connectivity index (χ0) is 27.1. The van der Waals surface area contributed by atoms with E-state index < -0.39 is 76.4 Å². The molecule has 4 aliphatic heterocycles. The van der Waals surface area contributed by atoms with Crippen molar-refractivity contribution in [2.45, 2.75) is 87.9 Å². The summed E-state index contributed by atoms with van der Waals surface area (Å²) in [7, 11) is 0. The van der Waals surface area contributed by atoms with Gasteiger partial charge in [0.15, 0.2) is 6.10 Å². The number of aliphatic hydroxyl groups excluding tert-OH is 2. The molecule has 6 aliphatic rings. The molecule has 208 valence electrons. The summed E-state index contributed by atoms with van der Waals surface area (Å²) in [4.78, 5) is 37.8. The van der Waals surface area contributed by atoms with Crippen molar-refractivity contribution in [1.82, 2.24) is 0 Å². The normalized spacial score (nSPS) is 53.8. The van der Waals surface area contributed by atoms with Crippen LogP contribution in [0.4, 0.5) is 0 Å².